The summed E-state index contributed by atoms with van der Waals surface area (Å²) in [6.07, 6.45) is 1.92. The van der Waals surface area contributed by atoms with Crippen molar-refractivity contribution in [3.05, 3.63) is 29.1 Å². The SMILES string of the molecule is Cc1nc(C(=O)N2CCCCO2)ccc1C#N. The average molecular weight is 231 g/mol. The lowest BCUT2D eigenvalue weighted by atomic mass is 10.2. The van der Waals surface area contributed by atoms with Crippen LogP contribution in [0, 0.1) is 18.3 Å². The third-order valence-electron chi connectivity index (χ3n) is 2.65. The van der Waals surface area contributed by atoms with Crippen molar-refractivity contribution in [2.24, 2.45) is 0 Å². The Morgan fingerprint density at radius 2 is 2.35 bits per heavy atom. The Morgan fingerprint density at radius 1 is 1.53 bits per heavy atom. The molecule has 2 heterocycles. The van der Waals surface area contributed by atoms with Gasteiger partial charge in [-0.2, -0.15) is 5.26 Å². The van der Waals surface area contributed by atoms with Crippen molar-refractivity contribution in [1.82, 2.24) is 10.0 Å². The molecule has 5 nitrogen and oxygen atoms in total. The van der Waals surface area contributed by atoms with Crippen LogP contribution in [0.5, 0.6) is 0 Å². The van der Waals surface area contributed by atoms with E-state index in [1.54, 1.807) is 19.1 Å². The van der Waals surface area contributed by atoms with Gasteiger partial charge in [0.05, 0.1) is 17.9 Å². The van der Waals surface area contributed by atoms with Gasteiger partial charge in [0.25, 0.3) is 5.91 Å². The highest BCUT2D eigenvalue weighted by atomic mass is 16.7. The number of rotatable bonds is 1. The fourth-order valence-electron chi connectivity index (χ4n) is 1.68. The van der Waals surface area contributed by atoms with Crippen LogP contribution in [0.2, 0.25) is 0 Å². The normalized spacial score (nSPS) is 15.4. The topological polar surface area (TPSA) is 66.2 Å². The smallest absolute Gasteiger partial charge is 0.271 e. The summed E-state index contributed by atoms with van der Waals surface area (Å²) < 4.78 is 0. The number of hydrogen-bond donors (Lipinski definition) is 0. The molecule has 1 aliphatic heterocycles. The number of nitrogens with zero attached hydrogens (tertiary/aromatic N) is 3. The van der Waals surface area contributed by atoms with E-state index in [4.69, 9.17) is 10.1 Å². The van der Waals surface area contributed by atoms with E-state index >= 15 is 0 Å². The van der Waals surface area contributed by atoms with E-state index < -0.39 is 0 Å². The molecule has 0 atom stereocenters. The largest absolute Gasteiger partial charge is 0.295 e. The molecular formula is C12H13N3O2. The fourth-order valence-corrected chi connectivity index (χ4v) is 1.68. The third kappa shape index (κ3) is 2.43. The van der Waals surface area contributed by atoms with Crippen molar-refractivity contribution >= 4 is 5.91 Å². The van der Waals surface area contributed by atoms with Crippen LogP contribution in [-0.2, 0) is 4.84 Å². The molecular weight excluding hydrogens is 218 g/mol. The maximum atomic E-state index is 12.0. The molecule has 0 radical (unpaired) electrons. The Bertz CT molecular complexity index is 473. The second kappa shape index (κ2) is 4.93. The number of amides is 1. The van der Waals surface area contributed by atoms with E-state index in [-0.39, 0.29) is 5.91 Å². The first-order valence-corrected chi connectivity index (χ1v) is 5.55. The lowest BCUT2D eigenvalue weighted by Gasteiger charge is -2.25. The first kappa shape index (κ1) is 11.6. The first-order valence-electron chi connectivity index (χ1n) is 5.55. The summed E-state index contributed by atoms with van der Waals surface area (Å²) in [5, 5.41) is 10.1. The van der Waals surface area contributed by atoms with Gasteiger partial charge in [-0.3, -0.25) is 9.63 Å². The number of pyridine rings is 1. The minimum atomic E-state index is -0.239. The molecule has 0 aliphatic carbocycles. The molecule has 17 heavy (non-hydrogen) atoms. The lowest BCUT2D eigenvalue weighted by Crippen LogP contribution is -2.36. The molecule has 1 amide bonds. The fraction of sp³-hybridized carbons (Fsp3) is 0.417. The number of aromatic nitrogens is 1. The summed E-state index contributed by atoms with van der Waals surface area (Å²) in [6, 6.07) is 5.19. The van der Waals surface area contributed by atoms with E-state index in [1.807, 2.05) is 6.07 Å². The molecule has 2 rings (SSSR count). The van der Waals surface area contributed by atoms with Gasteiger partial charge in [-0.15, -0.1) is 0 Å². The summed E-state index contributed by atoms with van der Waals surface area (Å²) in [5.74, 6) is -0.239. The number of aryl methyl sites for hydroxylation is 1. The minimum absolute atomic E-state index is 0.239. The van der Waals surface area contributed by atoms with Crippen LogP contribution < -0.4 is 0 Å². The zero-order chi connectivity index (χ0) is 12.3. The van der Waals surface area contributed by atoms with Gasteiger partial charge in [0, 0.05) is 6.54 Å². The second-order valence-electron chi connectivity index (χ2n) is 3.89. The van der Waals surface area contributed by atoms with E-state index in [1.165, 1.54) is 5.06 Å². The molecule has 0 N–H and O–H groups in total. The van der Waals surface area contributed by atoms with Gasteiger partial charge in [0.2, 0.25) is 0 Å². The molecule has 1 saturated heterocycles. The van der Waals surface area contributed by atoms with Crippen molar-refractivity contribution < 1.29 is 9.63 Å². The molecule has 0 spiro atoms. The molecule has 0 unspecified atom stereocenters. The quantitative estimate of drug-likeness (QED) is 0.733. The van der Waals surface area contributed by atoms with Crippen LogP contribution in [0.1, 0.15) is 34.6 Å². The number of hydrogen-bond acceptors (Lipinski definition) is 4. The van der Waals surface area contributed by atoms with Crippen LogP contribution in [-0.4, -0.2) is 29.1 Å². The molecule has 0 saturated carbocycles. The zero-order valence-corrected chi connectivity index (χ0v) is 9.64. The Hall–Kier alpha value is -1.93. The lowest BCUT2D eigenvalue weighted by molar-refractivity contribution is -0.144. The summed E-state index contributed by atoms with van der Waals surface area (Å²) in [6.45, 7) is 2.88. The molecule has 1 aliphatic rings. The van der Waals surface area contributed by atoms with E-state index in [9.17, 15) is 4.79 Å². The van der Waals surface area contributed by atoms with Crippen LogP contribution >= 0.6 is 0 Å². The third-order valence-corrected chi connectivity index (χ3v) is 2.65. The van der Waals surface area contributed by atoms with E-state index in [0.717, 1.165) is 12.8 Å². The molecule has 88 valence electrons. The zero-order valence-electron chi connectivity index (χ0n) is 9.64. The highest BCUT2D eigenvalue weighted by Gasteiger charge is 2.20. The number of carbonyl (C=O) groups excluding carboxylic acids is 1. The van der Waals surface area contributed by atoms with Crippen LogP contribution in [0.15, 0.2) is 12.1 Å². The van der Waals surface area contributed by atoms with Crippen molar-refractivity contribution in [3.63, 3.8) is 0 Å². The Kier molecular flexibility index (Phi) is 3.35. The maximum Gasteiger partial charge on any atom is 0.295 e. The average Bonchev–Trinajstić information content (AvgIpc) is 2.39. The summed E-state index contributed by atoms with van der Waals surface area (Å²) in [5.41, 5.74) is 1.37. The number of carbonyl (C=O) groups is 1. The summed E-state index contributed by atoms with van der Waals surface area (Å²) >= 11 is 0. The van der Waals surface area contributed by atoms with E-state index in [0.29, 0.717) is 30.1 Å². The second-order valence-corrected chi connectivity index (χ2v) is 3.89. The van der Waals surface area contributed by atoms with Crippen LogP contribution in [0.4, 0.5) is 0 Å². The molecule has 0 aromatic carbocycles. The predicted octanol–water partition coefficient (Wildman–Crippen LogP) is 1.43. The van der Waals surface area contributed by atoms with Gasteiger partial charge >= 0.3 is 0 Å². The Labute approximate surface area is 99.6 Å². The van der Waals surface area contributed by atoms with Crippen molar-refractivity contribution in [3.8, 4) is 6.07 Å². The van der Waals surface area contributed by atoms with Gasteiger partial charge < -0.3 is 0 Å². The van der Waals surface area contributed by atoms with E-state index in [2.05, 4.69) is 4.98 Å². The number of nitriles is 1. The highest BCUT2D eigenvalue weighted by molar-refractivity contribution is 5.91. The monoisotopic (exact) mass is 231 g/mol. The number of hydroxylamine groups is 2. The van der Waals surface area contributed by atoms with Crippen molar-refractivity contribution in [2.75, 3.05) is 13.2 Å². The summed E-state index contributed by atoms with van der Waals surface area (Å²) in [7, 11) is 0. The minimum Gasteiger partial charge on any atom is -0.271 e. The standard InChI is InChI=1S/C12H13N3O2/c1-9-10(8-13)4-5-11(14-9)12(16)15-6-2-3-7-17-15/h4-5H,2-3,6-7H2,1H3. The van der Waals surface area contributed by atoms with Gasteiger partial charge in [0.1, 0.15) is 11.8 Å². The first-order chi connectivity index (χ1) is 8.22. The van der Waals surface area contributed by atoms with Gasteiger partial charge in [-0.1, -0.05) is 0 Å². The van der Waals surface area contributed by atoms with Gasteiger partial charge in [-0.25, -0.2) is 10.0 Å². The Morgan fingerprint density at radius 3 is 2.94 bits per heavy atom. The Balaban J connectivity index is 2.19. The maximum absolute atomic E-state index is 12.0. The van der Waals surface area contributed by atoms with Gasteiger partial charge in [0.15, 0.2) is 0 Å². The molecule has 1 fully saturated rings. The summed E-state index contributed by atoms with van der Waals surface area (Å²) in [4.78, 5) is 21.4. The molecule has 1 aromatic heterocycles. The van der Waals surface area contributed by atoms with Gasteiger partial charge in [-0.05, 0) is 31.9 Å². The predicted molar refractivity (Wildman–Crippen MR) is 59.9 cm³/mol. The van der Waals surface area contributed by atoms with Crippen LogP contribution in [0.3, 0.4) is 0 Å². The molecule has 0 bridgehead atoms. The van der Waals surface area contributed by atoms with Crippen LogP contribution in [0.25, 0.3) is 0 Å². The van der Waals surface area contributed by atoms with Crippen molar-refractivity contribution in [2.45, 2.75) is 19.8 Å². The molecule has 5 heteroatoms. The molecule has 1 aromatic rings. The highest BCUT2D eigenvalue weighted by Crippen LogP contribution is 2.12. The van der Waals surface area contributed by atoms with Crippen molar-refractivity contribution in [1.29, 1.82) is 5.26 Å².